The fourth-order valence-electron chi connectivity index (χ4n) is 3.09. The van der Waals surface area contributed by atoms with E-state index in [0.29, 0.717) is 18.7 Å². The van der Waals surface area contributed by atoms with Crippen molar-refractivity contribution in [2.75, 3.05) is 18.1 Å². The van der Waals surface area contributed by atoms with Gasteiger partial charge in [0.25, 0.3) is 11.2 Å². The van der Waals surface area contributed by atoms with Crippen LogP contribution in [0.4, 0.5) is 18.9 Å². The SMILES string of the molecule is [C-]#[N+]c1c(C(F)(F)F)cc(-c2ccccc2)n(N2CCCCC2)c1=O. The summed E-state index contributed by atoms with van der Waals surface area (Å²) in [5, 5.41) is 1.74. The molecule has 0 bridgehead atoms. The fraction of sp³-hybridized carbons (Fsp3) is 0.333. The normalized spacial score (nSPS) is 15.0. The van der Waals surface area contributed by atoms with Gasteiger partial charge in [0, 0.05) is 18.7 Å². The maximum Gasteiger partial charge on any atom is 0.407 e. The summed E-state index contributed by atoms with van der Waals surface area (Å²) in [6, 6.07) is 9.40. The predicted molar refractivity (Wildman–Crippen MR) is 89.2 cm³/mol. The zero-order valence-corrected chi connectivity index (χ0v) is 13.4. The van der Waals surface area contributed by atoms with E-state index in [9.17, 15) is 18.0 Å². The van der Waals surface area contributed by atoms with Crippen LogP contribution in [-0.2, 0) is 6.18 Å². The summed E-state index contributed by atoms with van der Waals surface area (Å²) in [6.45, 7) is 8.23. The molecule has 1 aliphatic heterocycles. The lowest BCUT2D eigenvalue weighted by Crippen LogP contribution is -2.46. The van der Waals surface area contributed by atoms with Crippen LogP contribution in [0.1, 0.15) is 24.8 Å². The fourth-order valence-corrected chi connectivity index (χ4v) is 3.09. The van der Waals surface area contributed by atoms with Crippen molar-refractivity contribution < 1.29 is 13.2 Å². The molecule has 7 heteroatoms. The van der Waals surface area contributed by atoms with E-state index in [1.54, 1.807) is 35.3 Å². The average Bonchev–Trinajstić information content (AvgIpc) is 2.61. The molecule has 130 valence electrons. The molecule has 0 unspecified atom stereocenters. The second-order valence-corrected chi connectivity index (χ2v) is 5.90. The molecule has 2 heterocycles. The van der Waals surface area contributed by atoms with Crippen molar-refractivity contribution in [1.82, 2.24) is 4.68 Å². The van der Waals surface area contributed by atoms with Crippen LogP contribution in [0.25, 0.3) is 16.1 Å². The van der Waals surface area contributed by atoms with E-state index in [2.05, 4.69) is 4.85 Å². The minimum absolute atomic E-state index is 0.159. The molecule has 1 fully saturated rings. The van der Waals surface area contributed by atoms with Gasteiger partial charge in [0.05, 0.1) is 17.8 Å². The summed E-state index contributed by atoms with van der Waals surface area (Å²) in [7, 11) is 0. The Bertz CT molecular complexity index is 860. The first-order valence-electron chi connectivity index (χ1n) is 7.99. The summed E-state index contributed by atoms with van der Waals surface area (Å²) >= 11 is 0. The quantitative estimate of drug-likeness (QED) is 0.762. The van der Waals surface area contributed by atoms with Crippen molar-refractivity contribution in [3.05, 3.63) is 63.7 Å². The van der Waals surface area contributed by atoms with Gasteiger partial charge in [-0.1, -0.05) is 30.3 Å². The Labute approximate surface area is 142 Å². The molecule has 0 spiro atoms. The number of pyridine rings is 1. The van der Waals surface area contributed by atoms with Crippen LogP contribution in [0, 0.1) is 6.57 Å². The predicted octanol–water partition coefficient (Wildman–Crippen LogP) is 4.21. The molecule has 4 nitrogen and oxygen atoms in total. The van der Waals surface area contributed by atoms with Gasteiger partial charge in [0.1, 0.15) is 0 Å². The molecule has 1 aromatic heterocycles. The standard InChI is InChI=1S/C18H16F3N3O/c1-22-16-14(18(19,20)21)12-15(13-8-4-2-5-9-13)24(17(16)25)23-10-6-3-7-11-23/h2,4-5,8-9,12H,3,6-7,10-11H2. The van der Waals surface area contributed by atoms with Gasteiger partial charge in [-0.25, -0.2) is 9.52 Å². The number of rotatable bonds is 2. The van der Waals surface area contributed by atoms with E-state index in [-0.39, 0.29) is 5.69 Å². The Balaban J connectivity index is 2.32. The van der Waals surface area contributed by atoms with Gasteiger partial charge in [0.15, 0.2) is 0 Å². The van der Waals surface area contributed by atoms with Gasteiger partial charge >= 0.3 is 6.18 Å². The highest BCUT2D eigenvalue weighted by Gasteiger charge is 2.37. The van der Waals surface area contributed by atoms with Gasteiger partial charge < -0.3 is 5.01 Å². The molecule has 25 heavy (non-hydrogen) atoms. The first-order valence-corrected chi connectivity index (χ1v) is 7.99. The molecule has 3 rings (SSSR count). The first-order chi connectivity index (χ1) is 11.9. The third kappa shape index (κ3) is 3.25. The minimum atomic E-state index is -4.76. The van der Waals surface area contributed by atoms with Gasteiger partial charge in [-0.15, -0.1) is 0 Å². The van der Waals surface area contributed by atoms with Crippen molar-refractivity contribution in [1.29, 1.82) is 0 Å². The molecular weight excluding hydrogens is 331 g/mol. The first kappa shape index (κ1) is 17.1. The molecule has 1 aromatic carbocycles. The maximum atomic E-state index is 13.4. The average molecular weight is 347 g/mol. The van der Waals surface area contributed by atoms with Crippen LogP contribution in [0.2, 0.25) is 0 Å². The molecule has 0 N–H and O–H groups in total. The molecule has 0 aliphatic carbocycles. The highest BCUT2D eigenvalue weighted by atomic mass is 19.4. The van der Waals surface area contributed by atoms with Crippen LogP contribution < -0.4 is 10.6 Å². The highest BCUT2D eigenvalue weighted by Crippen LogP contribution is 2.37. The number of nitrogens with zero attached hydrogens (tertiary/aromatic N) is 3. The Morgan fingerprint density at radius 3 is 2.24 bits per heavy atom. The van der Waals surface area contributed by atoms with Gasteiger partial charge in [-0.05, 0) is 25.3 Å². The van der Waals surface area contributed by atoms with E-state index in [1.165, 1.54) is 4.68 Å². The van der Waals surface area contributed by atoms with E-state index >= 15 is 0 Å². The van der Waals surface area contributed by atoms with E-state index < -0.39 is 23.0 Å². The van der Waals surface area contributed by atoms with Crippen molar-refractivity contribution in [2.24, 2.45) is 0 Å². The third-order valence-electron chi connectivity index (χ3n) is 4.26. The lowest BCUT2D eigenvalue weighted by atomic mass is 10.1. The largest absolute Gasteiger partial charge is 0.407 e. The number of aromatic nitrogens is 1. The minimum Gasteiger partial charge on any atom is -0.311 e. The van der Waals surface area contributed by atoms with Gasteiger partial charge in [-0.3, -0.25) is 4.79 Å². The molecule has 2 aromatic rings. The zero-order chi connectivity index (χ0) is 18.0. The van der Waals surface area contributed by atoms with Crippen molar-refractivity contribution >= 4 is 5.69 Å². The van der Waals surface area contributed by atoms with Crippen molar-refractivity contribution in [3.63, 3.8) is 0 Å². The monoisotopic (exact) mass is 347 g/mol. The van der Waals surface area contributed by atoms with Crippen molar-refractivity contribution in [2.45, 2.75) is 25.4 Å². The second-order valence-electron chi connectivity index (χ2n) is 5.90. The molecular formula is C18H16F3N3O. The number of hydrogen-bond donors (Lipinski definition) is 0. The molecule has 0 radical (unpaired) electrons. The van der Waals surface area contributed by atoms with Gasteiger partial charge in [0.2, 0.25) is 0 Å². The Hall–Kier alpha value is -2.75. The van der Waals surface area contributed by atoms with E-state index in [0.717, 1.165) is 25.3 Å². The van der Waals surface area contributed by atoms with Crippen LogP contribution in [-0.4, -0.2) is 17.8 Å². The van der Waals surface area contributed by atoms with Gasteiger partial charge in [-0.2, -0.15) is 13.2 Å². The third-order valence-corrected chi connectivity index (χ3v) is 4.26. The second kappa shape index (κ2) is 6.63. The summed E-state index contributed by atoms with van der Waals surface area (Å²) < 4.78 is 41.4. The number of hydrogen-bond acceptors (Lipinski definition) is 2. The smallest absolute Gasteiger partial charge is 0.311 e. The van der Waals surface area contributed by atoms with Crippen LogP contribution in [0.3, 0.4) is 0 Å². The lowest BCUT2D eigenvalue weighted by molar-refractivity contribution is -0.136. The van der Waals surface area contributed by atoms with Crippen LogP contribution >= 0.6 is 0 Å². The van der Waals surface area contributed by atoms with Crippen molar-refractivity contribution in [3.8, 4) is 11.3 Å². The number of piperidine rings is 1. The maximum absolute atomic E-state index is 13.4. The highest BCUT2D eigenvalue weighted by molar-refractivity contribution is 5.66. The number of halogens is 3. The van der Waals surface area contributed by atoms with Crippen LogP contribution in [0.5, 0.6) is 0 Å². The Morgan fingerprint density at radius 1 is 1.04 bits per heavy atom. The Kier molecular flexibility index (Phi) is 4.53. The zero-order valence-electron chi connectivity index (χ0n) is 13.4. The molecule has 1 saturated heterocycles. The summed E-state index contributed by atoms with van der Waals surface area (Å²) in [5.74, 6) is 0. The number of alkyl halides is 3. The molecule has 0 saturated carbocycles. The molecule has 0 atom stereocenters. The van der Waals surface area contributed by atoms with E-state index in [4.69, 9.17) is 6.57 Å². The number of benzene rings is 1. The molecule has 0 amide bonds. The van der Waals surface area contributed by atoms with E-state index in [1.807, 2.05) is 0 Å². The Morgan fingerprint density at radius 2 is 1.68 bits per heavy atom. The van der Waals surface area contributed by atoms with Crippen LogP contribution in [0.15, 0.2) is 41.2 Å². The summed E-state index contributed by atoms with van der Waals surface area (Å²) in [4.78, 5) is 15.7. The lowest BCUT2D eigenvalue weighted by Gasteiger charge is -2.33. The summed E-state index contributed by atoms with van der Waals surface area (Å²) in [6.07, 6.45) is -2.03. The molecule has 1 aliphatic rings. The topological polar surface area (TPSA) is 29.6 Å². The summed E-state index contributed by atoms with van der Waals surface area (Å²) in [5.41, 5.74) is -2.30.